The maximum absolute atomic E-state index is 4.41. The number of aromatic nitrogens is 2. The van der Waals surface area contributed by atoms with E-state index in [0.717, 1.165) is 10.9 Å². The van der Waals surface area contributed by atoms with Crippen molar-refractivity contribution >= 4 is 32.3 Å². The first-order chi connectivity index (χ1) is 5.90. The van der Waals surface area contributed by atoms with Gasteiger partial charge in [0.15, 0.2) is 0 Å². The van der Waals surface area contributed by atoms with Gasteiger partial charge in [-0.2, -0.15) is 0 Å². The number of rotatable bonds is 3. The second-order valence-corrected chi connectivity index (χ2v) is 5.71. The smallest absolute Gasteiger partial charge is 0.132 e. The minimum absolute atomic E-state index is 0.635. The number of nitrogens with zero attached hydrogens (tertiary/aromatic N) is 2. The molecule has 1 saturated carbocycles. The molecule has 0 spiro atoms. The highest BCUT2D eigenvalue weighted by atomic mass is 33.5. The molecule has 0 radical (unpaired) electrons. The lowest BCUT2D eigenvalue weighted by atomic mass is 10.4. The Morgan fingerprint density at radius 1 is 1.50 bits per heavy atom. The topological polar surface area (TPSA) is 25.8 Å². The first-order valence-corrected chi connectivity index (χ1v) is 6.91. The molecule has 5 heteroatoms. The molecule has 1 aliphatic rings. The van der Waals surface area contributed by atoms with Gasteiger partial charge in [-0.25, -0.2) is 9.97 Å². The molecule has 0 N–H and O–H groups in total. The summed E-state index contributed by atoms with van der Waals surface area (Å²) in [7, 11) is 2.98. The molecule has 1 aromatic rings. The molecular formula is C7H8N2S3. The van der Waals surface area contributed by atoms with Gasteiger partial charge in [0.2, 0.25) is 0 Å². The van der Waals surface area contributed by atoms with Crippen molar-refractivity contribution in [1.29, 1.82) is 0 Å². The summed E-state index contributed by atoms with van der Waals surface area (Å²) < 4.78 is 0. The number of hydrogen-bond donors (Lipinski definition) is 1. The van der Waals surface area contributed by atoms with Crippen LogP contribution in [0.4, 0.5) is 0 Å². The van der Waals surface area contributed by atoms with Gasteiger partial charge in [-0.05, 0) is 39.5 Å². The van der Waals surface area contributed by atoms with Crippen LogP contribution in [0, 0.1) is 0 Å². The van der Waals surface area contributed by atoms with E-state index in [4.69, 9.17) is 0 Å². The molecule has 2 rings (SSSR count). The molecule has 1 aromatic heterocycles. The molecule has 0 aromatic carbocycles. The van der Waals surface area contributed by atoms with Crippen molar-refractivity contribution in [2.75, 3.05) is 0 Å². The van der Waals surface area contributed by atoms with Gasteiger partial charge in [-0.15, -0.1) is 0 Å². The van der Waals surface area contributed by atoms with E-state index >= 15 is 0 Å². The van der Waals surface area contributed by atoms with Crippen molar-refractivity contribution < 1.29 is 0 Å². The van der Waals surface area contributed by atoms with Crippen LogP contribution in [0.15, 0.2) is 17.3 Å². The molecule has 0 bridgehead atoms. The Kier molecular flexibility index (Phi) is 2.83. The number of hydrogen-bond acceptors (Lipinski definition) is 5. The van der Waals surface area contributed by atoms with Gasteiger partial charge in [-0.1, -0.05) is 11.7 Å². The molecule has 1 aliphatic carbocycles. The maximum atomic E-state index is 4.41. The van der Waals surface area contributed by atoms with Crippen LogP contribution >= 0.6 is 32.3 Å². The Balaban J connectivity index is 2.15. The molecule has 0 atom stereocenters. The molecule has 2 nitrogen and oxygen atoms in total. The molecule has 0 aliphatic heterocycles. The lowest BCUT2D eigenvalue weighted by molar-refractivity contribution is 0.879. The van der Waals surface area contributed by atoms with Gasteiger partial charge in [0.05, 0.1) is 0 Å². The average molecular weight is 216 g/mol. The van der Waals surface area contributed by atoms with E-state index in [1.807, 2.05) is 12.3 Å². The Bertz CT molecular complexity index is 275. The third kappa shape index (κ3) is 2.08. The van der Waals surface area contributed by atoms with E-state index in [1.54, 1.807) is 10.8 Å². The van der Waals surface area contributed by atoms with E-state index in [2.05, 4.69) is 21.6 Å². The predicted molar refractivity (Wildman–Crippen MR) is 56.4 cm³/mol. The average Bonchev–Trinajstić information content (AvgIpc) is 2.88. The van der Waals surface area contributed by atoms with E-state index in [-0.39, 0.29) is 0 Å². The minimum Gasteiger partial charge on any atom is -0.241 e. The van der Waals surface area contributed by atoms with Crippen LogP contribution in [0.25, 0.3) is 0 Å². The van der Waals surface area contributed by atoms with Crippen molar-refractivity contribution in [1.82, 2.24) is 9.97 Å². The summed E-state index contributed by atoms with van der Waals surface area (Å²) in [5.74, 6) is 1.64. The van der Waals surface area contributed by atoms with Crippen LogP contribution in [0.2, 0.25) is 0 Å². The van der Waals surface area contributed by atoms with Gasteiger partial charge >= 0.3 is 0 Å². The second kappa shape index (κ2) is 3.89. The monoisotopic (exact) mass is 216 g/mol. The molecular weight excluding hydrogens is 208 g/mol. The van der Waals surface area contributed by atoms with Crippen LogP contribution in [-0.4, -0.2) is 9.97 Å². The van der Waals surface area contributed by atoms with Crippen molar-refractivity contribution in [3.8, 4) is 0 Å². The highest BCUT2D eigenvalue weighted by Gasteiger charge is 2.26. The SMILES string of the molecule is SSSc1ccnc(C2CC2)n1. The first-order valence-electron chi connectivity index (χ1n) is 3.71. The molecule has 12 heavy (non-hydrogen) atoms. The minimum atomic E-state index is 0.635. The van der Waals surface area contributed by atoms with Crippen LogP contribution < -0.4 is 0 Å². The lowest BCUT2D eigenvalue weighted by Crippen LogP contribution is -1.91. The van der Waals surface area contributed by atoms with Gasteiger partial charge < -0.3 is 0 Å². The zero-order valence-corrected chi connectivity index (χ0v) is 8.83. The predicted octanol–water partition coefficient (Wildman–Crippen LogP) is 2.94. The van der Waals surface area contributed by atoms with Gasteiger partial charge in [0.1, 0.15) is 10.9 Å². The summed E-state index contributed by atoms with van der Waals surface area (Å²) in [6.45, 7) is 0. The molecule has 0 unspecified atom stereocenters. The first kappa shape index (κ1) is 8.72. The van der Waals surface area contributed by atoms with Gasteiger partial charge in [-0.3, -0.25) is 0 Å². The maximum Gasteiger partial charge on any atom is 0.132 e. The fourth-order valence-corrected chi connectivity index (χ4v) is 2.50. The largest absolute Gasteiger partial charge is 0.241 e. The quantitative estimate of drug-likeness (QED) is 0.477. The zero-order chi connectivity index (χ0) is 8.39. The second-order valence-electron chi connectivity index (χ2n) is 2.69. The summed E-state index contributed by atoms with van der Waals surface area (Å²) in [5.41, 5.74) is 0. The highest BCUT2D eigenvalue weighted by molar-refractivity contribution is 9.05. The Labute approximate surface area is 84.2 Å². The van der Waals surface area contributed by atoms with Crippen molar-refractivity contribution in [3.63, 3.8) is 0 Å². The molecule has 0 amide bonds. The van der Waals surface area contributed by atoms with Crippen LogP contribution in [-0.2, 0) is 0 Å². The van der Waals surface area contributed by atoms with E-state index in [0.29, 0.717) is 5.92 Å². The summed E-state index contributed by atoms with van der Waals surface area (Å²) in [4.78, 5) is 8.63. The van der Waals surface area contributed by atoms with Crippen LogP contribution in [0.3, 0.4) is 0 Å². The standard InChI is InChI=1S/C7H8N2S3/c10-12-11-6-3-4-8-7(9-6)5-1-2-5/h3-5,10H,1-2H2. The Morgan fingerprint density at radius 2 is 2.33 bits per heavy atom. The third-order valence-electron chi connectivity index (χ3n) is 1.71. The van der Waals surface area contributed by atoms with Crippen LogP contribution in [0.1, 0.15) is 24.6 Å². The normalized spacial score (nSPS) is 16.4. The summed E-state index contributed by atoms with van der Waals surface area (Å²) in [6.07, 6.45) is 4.33. The third-order valence-corrected chi connectivity index (χ3v) is 3.59. The van der Waals surface area contributed by atoms with Crippen molar-refractivity contribution in [2.24, 2.45) is 0 Å². The van der Waals surface area contributed by atoms with Gasteiger partial charge in [0.25, 0.3) is 0 Å². The summed E-state index contributed by atoms with van der Waals surface area (Å²) in [5, 5.41) is 1.01. The van der Waals surface area contributed by atoms with E-state index < -0.39 is 0 Å². The lowest BCUT2D eigenvalue weighted by Gasteiger charge is -1.98. The molecule has 1 heterocycles. The zero-order valence-electron chi connectivity index (χ0n) is 6.30. The summed E-state index contributed by atoms with van der Waals surface area (Å²) in [6, 6.07) is 1.92. The molecule has 64 valence electrons. The fraction of sp³-hybridized carbons (Fsp3) is 0.429. The van der Waals surface area contributed by atoms with E-state index in [1.165, 1.54) is 22.7 Å². The fourth-order valence-electron chi connectivity index (χ4n) is 0.979. The van der Waals surface area contributed by atoms with Crippen molar-refractivity contribution in [2.45, 2.75) is 23.8 Å². The van der Waals surface area contributed by atoms with Crippen molar-refractivity contribution in [3.05, 3.63) is 18.1 Å². The van der Waals surface area contributed by atoms with Crippen LogP contribution in [0.5, 0.6) is 0 Å². The Hall–Kier alpha value is 0.130. The van der Waals surface area contributed by atoms with E-state index in [9.17, 15) is 0 Å². The molecule has 0 saturated heterocycles. The summed E-state index contributed by atoms with van der Waals surface area (Å²) >= 11 is 4.05. The van der Waals surface area contributed by atoms with Gasteiger partial charge in [0, 0.05) is 12.1 Å². The Morgan fingerprint density at radius 3 is 3.00 bits per heavy atom. The number of thiol groups is 1. The molecule has 1 fully saturated rings. The highest BCUT2D eigenvalue weighted by Crippen LogP contribution is 2.39.